The molecule has 3 heterocycles. The molecule has 1 atom stereocenters. The topological polar surface area (TPSA) is 102 Å². The lowest BCUT2D eigenvalue weighted by Gasteiger charge is -2.24. The lowest BCUT2D eigenvalue weighted by Crippen LogP contribution is -2.41. The van der Waals surface area contributed by atoms with Gasteiger partial charge >= 0.3 is 6.03 Å². The van der Waals surface area contributed by atoms with Crippen LogP contribution in [0, 0.1) is 13.8 Å². The van der Waals surface area contributed by atoms with Crippen molar-refractivity contribution in [3.05, 3.63) is 75.3 Å². The second-order valence-electron chi connectivity index (χ2n) is 8.40. The van der Waals surface area contributed by atoms with Gasteiger partial charge in [0.25, 0.3) is 11.5 Å². The molecule has 9 heteroatoms. The number of aryl methyl sites for hydroxylation is 3. The monoisotopic (exact) mass is 430 g/mol. The lowest BCUT2D eigenvalue weighted by molar-refractivity contribution is -0.131. The molecular formula is C23H22N6O3. The van der Waals surface area contributed by atoms with Crippen LogP contribution < -0.4 is 10.9 Å². The summed E-state index contributed by atoms with van der Waals surface area (Å²) in [6.45, 7) is 5.45. The van der Waals surface area contributed by atoms with Crippen molar-refractivity contribution >= 4 is 28.6 Å². The summed E-state index contributed by atoms with van der Waals surface area (Å²) in [5.74, 6) is 0.371. The number of rotatable bonds is 3. The van der Waals surface area contributed by atoms with Crippen LogP contribution in [0.3, 0.4) is 0 Å². The zero-order valence-electron chi connectivity index (χ0n) is 18.2. The summed E-state index contributed by atoms with van der Waals surface area (Å²) in [7, 11) is 1.63. The molecule has 0 radical (unpaired) electrons. The normalized spacial score (nSPS) is 18.7. The summed E-state index contributed by atoms with van der Waals surface area (Å²) >= 11 is 0. The highest BCUT2D eigenvalue weighted by molar-refractivity contribution is 6.07. The van der Waals surface area contributed by atoms with Gasteiger partial charge in [0.05, 0.1) is 17.4 Å². The van der Waals surface area contributed by atoms with Crippen LogP contribution in [0.5, 0.6) is 0 Å². The predicted molar refractivity (Wildman–Crippen MR) is 118 cm³/mol. The van der Waals surface area contributed by atoms with Crippen LogP contribution in [-0.4, -0.2) is 36.0 Å². The Morgan fingerprint density at radius 1 is 1.03 bits per heavy atom. The number of urea groups is 1. The maximum atomic E-state index is 13.4. The molecule has 162 valence electrons. The molecule has 5 rings (SSSR count). The Kier molecular flexibility index (Phi) is 4.20. The minimum atomic E-state index is -1.17. The summed E-state index contributed by atoms with van der Waals surface area (Å²) < 4.78 is 3.14. The fourth-order valence-electron chi connectivity index (χ4n) is 4.46. The Balaban J connectivity index is 1.62. The van der Waals surface area contributed by atoms with E-state index in [1.54, 1.807) is 18.4 Å². The molecule has 0 saturated carbocycles. The number of amides is 3. The second kappa shape index (κ2) is 6.74. The smallest absolute Gasteiger partial charge is 0.319 e. The van der Waals surface area contributed by atoms with Crippen LogP contribution >= 0.6 is 0 Å². The molecular weight excluding hydrogens is 408 g/mol. The first-order chi connectivity index (χ1) is 15.2. The summed E-state index contributed by atoms with van der Waals surface area (Å²) in [5, 5.41) is 11.7. The molecule has 1 unspecified atom stereocenters. The average molecular weight is 430 g/mol. The van der Waals surface area contributed by atoms with Crippen molar-refractivity contribution in [3.63, 3.8) is 0 Å². The SMILES string of the molecule is Cc1ccc2c(c1)c(=O)n(C)c1nnc(CN3C(=O)NC(C)(c4ccccc4C)C3=O)n21. The number of fused-ring (bicyclic) bond motifs is 3. The van der Waals surface area contributed by atoms with Gasteiger partial charge in [-0.05, 0) is 44.0 Å². The predicted octanol–water partition coefficient (Wildman–Crippen LogP) is 2.17. The zero-order chi connectivity index (χ0) is 22.8. The number of aromatic nitrogens is 4. The number of imide groups is 1. The van der Waals surface area contributed by atoms with Gasteiger partial charge in [0, 0.05) is 7.05 Å². The number of carbonyl (C=O) groups excluding carboxylic acids is 2. The molecule has 1 saturated heterocycles. The third kappa shape index (κ3) is 2.67. The largest absolute Gasteiger partial charge is 0.325 e. The van der Waals surface area contributed by atoms with Gasteiger partial charge in [-0.25, -0.2) is 4.79 Å². The highest BCUT2D eigenvalue weighted by Gasteiger charge is 2.49. The van der Waals surface area contributed by atoms with E-state index in [1.807, 2.05) is 56.3 Å². The minimum absolute atomic E-state index is 0.0749. The summed E-state index contributed by atoms with van der Waals surface area (Å²) in [6, 6.07) is 12.5. The molecule has 1 aliphatic rings. The van der Waals surface area contributed by atoms with Gasteiger partial charge in [-0.2, -0.15) is 0 Å². The van der Waals surface area contributed by atoms with Crippen molar-refractivity contribution < 1.29 is 9.59 Å². The first kappa shape index (κ1) is 19.9. The van der Waals surface area contributed by atoms with Gasteiger partial charge < -0.3 is 5.32 Å². The summed E-state index contributed by atoms with van der Waals surface area (Å²) in [4.78, 5) is 40.2. The molecule has 1 N–H and O–H groups in total. The van der Waals surface area contributed by atoms with Crippen molar-refractivity contribution in [2.75, 3.05) is 0 Å². The fourth-order valence-corrected chi connectivity index (χ4v) is 4.46. The van der Waals surface area contributed by atoms with Gasteiger partial charge in [0.2, 0.25) is 5.78 Å². The maximum Gasteiger partial charge on any atom is 0.325 e. The Morgan fingerprint density at radius 2 is 1.78 bits per heavy atom. The summed E-state index contributed by atoms with van der Waals surface area (Å²) in [5.41, 5.74) is 1.88. The Morgan fingerprint density at radius 3 is 2.53 bits per heavy atom. The molecule has 4 aromatic rings. The molecule has 9 nitrogen and oxygen atoms in total. The Labute approximate surface area is 183 Å². The van der Waals surface area contributed by atoms with Crippen LogP contribution in [0.1, 0.15) is 29.4 Å². The molecule has 0 bridgehead atoms. The van der Waals surface area contributed by atoms with E-state index in [4.69, 9.17) is 0 Å². The Bertz CT molecular complexity index is 1500. The highest BCUT2D eigenvalue weighted by Crippen LogP contribution is 2.31. The lowest BCUT2D eigenvalue weighted by atomic mass is 9.88. The van der Waals surface area contributed by atoms with E-state index in [2.05, 4.69) is 15.5 Å². The van der Waals surface area contributed by atoms with E-state index < -0.39 is 11.6 Å². The van der Waals surface area contributed by atoms with Crippen molar-refractivity contribution in [3.8, 4) is 0 Å². The van der Waals surface area contributed by atoms with E-state index in [0.717, 1.165) is 21.6 Å². The first-order valence-electron chi connectivity index (χ1n) is 10.3. The summed E-state index contributed by atoms with van der Waals surface area (Å²) in [6.07, 6.45) is 0. The van der Waals surface area contributed by atoms with Crippen LogP contribution in [-0.2, 0) is 23.9 Å². The van der Waals surface area contributed by atoms with Gasteiger partial charge in [0.15, 0.2) is 5.82 Å². The fraction of sp³-hybridized carbons (Fsp3) is 0.261. The molecule has 3 amide bonds. The molecule has 1 fully saturated rings. The van der Waals surface area contributed by atoms with E-state index >= 15 is 0 Å². The molecule has 0 aliphatic carbocycles. The van der Waals surface area contributed by atoms with Crippen LogP contribution in [0.15, 0.2) is 47.3 Å². The van der Waals surface area contributed by atoms with Crippen molar-refractivity contribution in [2.24, 2.45) is 7.05 Å². The van der Waals surface area contributed by atoms with Crippen LogP contribution in [0.2, 0.25) is 0 Å². The quantitative estimate of drug-likeness (QED) is 0.502. The first-order valence-corrected chi connectivity index (χ1v) is 10.3. The number of hydrogen-bond acceptors (Lipinski definition) is 5. The van der Waals surface area contributed by atoms with Gasteiger partial charge in [0.1, 0.15) is 5.54 Å². The number of nitrogens with zero attached hydrogens (tertiary/aromatic N) is 5. The van der Waals surface area contributed by atoms with E-state index in [0.29, 0.717) is 22.5 Å². The maximum absolute atomic E-state index is 13.4. The minimum Gasteiger partial charge on any atom is -0.319 e. The van der Waals surface area contributed by atoms with Gasteiger partial charge in [-0.1, -0.05) is 35.9 Å². The van der Waals surface area contributed by atoms with Crippen molar-refractivity contribution in [1.82, 2.24) is 29.4 Å². The zero-order valence-corrected chi connectivity index (χ0v) is 18.2. The third-order valence-electron chi connectivity index (χ3n) is 6.20. The Hall–Kier alpha value is -4.01. The number of hydrogen-bond donors (Lipinski definition) is 1. The second-order valence-corrected chi connectivity index (χ2v) is 8.40. The van der Waals surface area contributed by atoms with Gasteiger partial charge in [-0.15, -0.1) is 10.2 Å². The number of benzene rings is 2. The third-order valence-corrected chi connectivity index (χ3v) is 6.20. The molecule has 32 heavy (non-hydrogen) atoms. The highest BCUT2D eigenvalue weighted by atomic mass is 16.2. The van der Waals surface area contributed by atoms with Gasteiger partial charge in [-0.3, -0.25) is 23.5 Å². The van der Waals surface area contributed by atoms with Crippen molar-refractivity contribution in [1.29, 1.82) is 0 Å². The van der Waals surface area contributed by atoms with Crippen molar-refractivity contribution in [2.45, 2.75) is 32.9 Å². The molecule has 1 aliphatic heterocycles. The number of nitrogens with one attached hydrogen (secondary N) is 1. The van der Waals surface area contributed by atoms with E-state index in [9.17, 15) is 14.4 Å². The van der Waals surface area contributed by atoms with E-state index in [-0.39, 0.29) is 18.0 Å². The van der Waals surface area contributed by atoms with Crippen LogP contribution in [0.4, 0.5) is 4.79 Å². The van der Waals surface area contributed by atoms with Crippen LogP contribution in [0.25, 0.3) is 16.7 Å². The number of carbonyl (C=O) groups is 2. The molecule has 0 spiro atoms. The van der Waals surface area contributed by atoms with E-state index in [1.165, 1.54) is 4.57 Å². The standard InChI is InChI=1S/C23H22N6O3/c1-13-9-10-17-15(11-13)19(30)27(4)21-26-25-18(29(17)21)12-28-20(31)23(3,24-22(28)32)16-8-6-5-7-14(16)2/h5-11H,12H2,1-4H3,(H,24,32). The molecule has 2 aromatic heterocycles. The average Bonchev–Trinajstić information content (AvgIpc) is 3.27. The molecule has 2 aromatic carbocycles.